The Labute approximate surface area is 199 Å². The zero-order valence-corrected chi connectivity index (χ0v) is 19.3. The third-order valence-electron chi connectivity index (χ3n) is 5.22. The maximum absolute atomic E-state index is 12.8. The van der Waals surface area contributed by atoms with Gasteiger partial charge in [0.1, 0.15) is 11.8 Å². The Morgan fingerprint density at radius 1 is 0.857 bits per heavy atom. The van der Waals surface area contributed by atoms with Crippen LogP contribution in [0, 0.1) is 11.3 Å². The van der Waals surface area contributed by atoms with Crippen molar-refractivity contribution in [1.29, 1.82) is 5.26 Å². The van der Waals surface area contributed by atoms with Crippen molar-refractivity contribution >= 4 is 46.9 Å². The number of fused-ring (bicyclic) bond motifs is 1. The molecule has 1 heterocycles. The molecule has 1 aromatic heterocycles. The quantitative estimate of drug-likeness (QED) is 0.399. The lowest BCUT2D eigenvalue weighted by Gasteiger charge is -2.13. The minimum absolute atomic E-state index is 0.00192. The number of rotatable bonds is 5. The van der Waals surface area contributed by atoms with Crippen LogP contribution in [0.1, 0.15) is 47.9 Å². The molecule has 3 aromatic rings. The second-order valence-corrected chi connectivity index (χ2v) is 7.00. The molecule has 178 valence electrons. The van der Waals surface area contributed by atoms with Gasteiger partial charge in [0, 0.05) is 11.8 Å². The van der Waals surface area contributed by atoms with Crippen molar-refractivity contribution in [1.82, 2.24) is 4.57 Å². The summed E-state index contributed by atoms with van der Waals surface area (Å²) < 4.78 is 20.1. The Kier molecular flexibility index (Phi) is 7.31. The molecular formula is C25H20N2O8. The molecule has 0 amide bonds. The summed E-state index contributed by atoms with van der Waals surface area (Å²) in [4.78, 5) is 49.9. The zero-order chi connectivity index (χ0) is 25.7. The van der Waals surface area contributed by atoms with Crippen LogP contribution in [0.4, 0.5) is 4.79 Å². The monoisotopic (exact) mass is 476 g/mol. The molecule has 0 unspecified atom stereocenters. The summed E-state index contributed by atoms with van der Waals surface area (Å²) in [5, 5.41) is 10.8. The van der Waals surface area contributed by atoms with E-state index in [1.165, 1.54) is 26.4 Å². The number of esters is 3. The van der Waals surface area contributed by atoms with Crippen molar-refractivity contribution in [2.45, 2.75) is 0 Å². The summed E-state index contributed by atoms with van der Waals surface area (Å²) >= 11 is 0. The Bertz CT molecular complexity index is 1430. The Balaban J connectivity index is 2.35. The Morgan fingerprint density at radius 3 is 2.09 bits per heavy atom. The number of nitrogens with zero attached hydrogens (tertiary/aromatic N) is 2. The number of ether oxygens (including phenoxy) is 4. The molecule has 10 heteroatoms. The highest BCUT2D eigenvalue weighted by molar-refractivity contribution is 6.15. The predicted octanol–water partition coefficient (Wildman–Crippen LogP) is 3.66. The summed E-state index contributed by atoms with van der Waals surface area (Å²) in [6.07, 6.45) is 3.02. The maximum atomic E-state index is 12.8. The molecule has 0 bridgehead atoms. The lowest BCUT2D eigenvalue weighted by molar-refractivity contribution is 0.0557. The molecule has 0 aliphatic carbocycles. The highest BCUT2D eigenvalue weighted by Gasteiger charge is 2.26. The van der Waals surface area contributed by atoms with Crippen LogP contribution in [0.2, 0.25) is 0 Å². The van der Waals surface area contributed by atoms with Crippen molar-refractivity contribution in [3.05, 3.63) is 70.0 Å². The molecule has 0 saturated carbocycles. The van der Waals surface area contributed by atoms with Crippen LogP contribution in [0.5, 0.6) is 0 Å². The van der Waals surface area contributed by atoms with E-state index in [1.54, 1.807) is 30.3 Å². The first-order chi connectivity index (χ1) is 16.8. The van der Waals surface area contributed by atoms with Crippen LogP contribution >= 0.6 is 0 Å². The predicted molar refractivity (Wildman–Crippen MR) is 124 cm³/mol. The molecular weight excluding hydrogens is 456 g/mol. The van der Waals surface area contributed by atoms with E-state index in [-0.39, 0.29) is 33.5 Å². The van der Waals surface area contributed by atoms with Gasteiger partial charge in [-0.15, -0.1) is 0 Å². The van der Waals surface area contributed by atoms with E-state index >= 15 is 0 Å². The van der Waals surface area contributed by atoms with E-state index in [4.69, 9.17) is 14.2 Å². The standard InChI is InChI=1S/C25H20N2O8/c1-32-22(28)18-13-27(25(31)35-4)19(12-26)17(18)10-9-15-11-14-7-5-6-8-16(14)21(24(30)34-3)20(15)23(29)33-2/h5-11,13H,1-4H3/b10-9+. The Hall–Kier alpha value is -4.91. The van der Waals surface area contributed by atoms with Gasteiger partial charge in [-0.3, -0.25) is 0 Å². The third-order valence-corrected chi connectivity index (χ3v) is 5.22. The van der Waals surface area contributed by atoms with Gasteiger partial charge in [-0.1, -0.05) is 36.4 Å². The normalized spacial score (nSPS) is 10.6. The molecule has 10 nitrogen and oxygen atoms in total. The van der Waals surface area contributed by atoms with Gasteiger partial charge >= 0.3 is 24.0 Å². The fourth-order valence-electron chi connectivity index (χ4n) is 3.63. The van der Waals surface area contributed by atoms with Crippen LogP contribution in [0.25, 0.3) is 22.9 Å². The first-order valence-corrected chi connectivity index (χ1v) is 10.0. The van der Waals surface area contributed by atoms with Crippen LogP contribution in [-0.4, -0.2) is 57.0 Å². The minimum Gasteiger partial charge on any atom is -0.465 e. The van der Waals surface area contributed by atoms with E-state index < -0.39 is 24.0 Å². The molecule has 35 heavy (non-hydrogen) atoms. The number of methoxy groups -OCH3 is 4. The zero-order valence-electron chi connectivity index (χ0n) is 19.3. The largest absolute Gasteiger partial charge is 0.465 e. The highest BCUT2D eigenvalue weighted by Crippen LogP contribution is 2.30. The molecule has 0 radical (unpaired) electrons. The summed E-state index contributed by atoms with van der Waals surface area (Å²) in [5.41, 5.74) is -0.0473. The van der Waals surface area contributed by atoms with Crippen LogP contribution in [0.15, 0.2) is 36.5 Å². The van der Waals surface area contributed by atoms with E-state index in [0.29, 0.717) is 10.8 Å². The minimum atomic E-state index is -0.889. The summed E-state index contributed by atoms with van der Waals surface area (Å²) in [6, 6.07) is 10.4. The number of carbonyl (C=O) groups excluding carboxylic acids is 4. The Morgan fingerprint density at radius 2 is 1.49 bits per heavy atom. The van der Waals surface area contributed by atoms with Crippen molar-refractivity contribution in [2.24, 2.45) is 0 Å². The number of carbonyl (C=O) groups is 4. The fourth-order valence-corrected chi connectivity index (χ4v) is 3.63. The molecule has 0 fully saturated rings. The van der Waals surface area contributed by atoms with Gasteiger partial charge in [-0.05, 0) is 22.4 Å². The van der Waals surface area contributed by atoms with Crippen molar-refractivity contribution in [3.63, 3.8) is 0 Å². The molecule has 0 atom stereocenters. The molecule has 0 N–H and O–H groups in total. The molecule has 2 aromatic carbocycles. The number of hydrogen-bond acceptors (Lipinski definition) is 9. The lowest BCUT2D eigenvalue weighted by atomic mass is 9.93. The van der Waals surface area contributed by atoms with Gasteiger partial charge < -0.3 is 18.9 Å². The molecule has 0 aliphatic heterocycles. The third kappa shape index (κ3) is 4.47. The molecule has 0 spiro atoms. The number of aromatic nitrogens is 1. The highest BCUT2D eigenvalue weighted by atomic mass is 16.5. The van der Waals surface area contributed by atoms with Crippen LogP contribution in [0.3, 0.4) is 0 Å². The number of benzene rings is 2. The second-order valence-electron chi connectivity index (χ2n) is 7.00. The molecule has 0 saturated heterocycles. The van der Waals surface area contributed by atoms with Crippen molar-refractivity contribution in [2.75, 3.05) is 28.4 Å². The number of hydrogen-bond donors (Lipinski definition) is 0. The van der Waals surface area contributed by atoms with E-state index in [1.807, 2.05) is 6.07 Å². The van der Waals surface area contributed by atoms with Gasteiger partial charge in [0.25, 0.3) is 0 Å². The summed E-state index contributed by atoms with van der Waals surface area (Å²) in [7, 11) is 4.64. The van der Waals surface area contributed by atoms with Crippen molar-refractivity contribution < 1.29 is 38.1 Å². The summed E-state index contributed by atoms with van der Waals surface area (Å²) in [5.74, 6) is -2.34. The first-order valence-electron chi connectivity index (χ1n) is 10.0. The molecule has 0 aliphatic rings. The maximum Gasteiger partial charge on any atom is 0.418 e. The number of nitriles is 1. The fraction of sp³-hybridized carbons (Fsp3) is 0.160. The van der Waals surface area contributed by atoms with Crippen LogP contribution in [-0.2, 0) is 18.9 Å². The van der Waals surface area contributed by atoms with E-state index in [2.05, 4.69) is 4.74 Å². The second kappa shape index (κ2) is 10.4. The SMILES string of the molecule is COC(=O)c1cn(C(=O)OC)c(C#N)c1/C=C/c1cc2ccccc2c(C(=O)OC)c1C(=O)OC. The average Bonchev–Trinajstić information content (AvgIpc) is 3.27. The molecule has 3 rings (SSSR count). The van der Waals surface area contributed by atoms with Gasteiger partial charge in [0.15, 0.2) is 0 Å². The lowest BCUT2D eigenvalue weighted by Crippen LogP contribution is -2.14. The van der Waals surface area contributed by atoms with Crippen LogP contribution < -0.4 is 0 Å². The smallest absolute Gasteiger partial charge is 0.418 e. The van der Waals surface area contributed by atoms with Gasteiger partial charge in [-0.2, -0.15) is 5.26 Å². The van der Waals surface area contributed by atoms with Gasteiger partial charge in [0.05, 0.1) is 45.1 Å². The van der Waals surface area contributed by atoms with Gasteiger partial charge in [-0.25, -0.2) is 23.7 Å². The topological polar surface area (TPSA) is 134 Å². The first kappa shape index (κ1) is 24.7. The average molecular weight is 476 g/mol. The summed E-state index contributed by atoms with van der Waals surface area (Å²) in [6.45, 7) is 0. The van der Waals surface area contributed by atoms with E-state index in [9.17, 15) is 24.4 Å². The van der Waals surface area contributed by atoms with Crippen molar-refractivity contribution in [3.8, 4) is 6.07 Å². The van der Waals surface area contributed by atoms with Gasteiger partial charge in [0.2, 0.25) is 0 Å². The van der Waals surface area contributed by atoms with E-state index in [0.717, 1.165) is 25.0 Å².